The Balaban J connectivity index is 2.54. The number of hydroxylamine groups is 2. The zero-order chi connectivity index (χ0) is 7.56. The maximum Gasteiger partial charge on any atom is 0.349 e. The molecule has 0 radical (unpaired) electrons. The number of imide groups is 1. The molecule has 0 bridgehead atoms. The van der Waals surface area contributed by atoms with Crippen LogP contribution in [0, 0.1) is 0 Å². The Morgan fingerprint density at radius 3 is 2.80 bits per heavy atom. The van der Waals surface area contributed by atoms with Gasteiger partial charge < -0.3 is 5.32 Å². The Hall–Kier alpha value is -1.10. The summed E-state index contributed by atoms with van der Waals surface area (Å²) in [6.45, 7) is 2.07. The number of hydrogen-bond acceptors (Lipinski definition) is 3. The molecule has 1 rings (SSSR count). The van der Waals surface area contributed by atoms with Gasteiger partial charge in [-0.15, -0.1) is 5.06 Å². The Bertz CT molecular complexity index is 152. The van der Waals surface area contributed by atoms with Gasteiger partial charge in [0.25, 0.3) is 5.91 Å². The fourth-order valence-corrected chi connectivity index (χ4v) is 0.668. The molecule has 0 unspecified atom stereocenters. The van der Waals surface area contributed by atoms with Crippen LogP contribution < -0.4 is 5.32 Å². The summed E-state index contributed by atoms with van der Waals surface area (Å²) in [5.41, 5.74) is 0. The summed E-state index contributed by atoms with van der Waals surface area (Å²) in [5, 5.41) is 3.05. The minimum Gasteiger partial charge on any atom is -0.327 e. The molecule has 1 aliphatic rings. The summed E-state index contributed by atoms with van der Waals surface area (Å²) in [6, 6.07) is -0.480. The number of carbonyl (C=O) groups is 2. The van der Waals surface area contributed by atoms with Crippen LogP contribution in [0.1, 0.15) is 6.92 Å². The van der Waals surface area contributed by atoms with Crippen LogP contribution in [0.15, 0.2) is 0 Å². The zero-order valence-corrected chi connectivity index (χ0v) is 5.59. The first-order valence-corrected chi connectivity index (χ1v) is 2.99. The third-order valence-electron chi connectivity index (χ3n) is 1.06. The van der Waals surface area contributed by atoms with Crippen LogP contribution in [0.25, 0.3) is 0 Å². The van der Waals surface area contributed by atoms with Gasteiger partial charge in [-0.2, -0.15) is 0 Å². The van der Waals surface area contributed by atoms with Crippen molar-refractivity contribution in [3.63, 3.8) is 0 Å². The molecule has 0 aromatic carbocycles. The summed E-state index contributed by atoms with van der Waals surface area (Å²) in [6.07, 6.45) is 0. The molecule has 1 N–H and O–H groups in total. The SMILES string of the molecule is CCON1C(=O)CNC1=O. The molecule has 3 amide bonds. The molecule has 1 fully saturated rings. The summed E-state index contributed by atoms with van der Waals surface area (Å²) in [4.78, 5) is 26.0. The lowest BCUT2D eigenvalue weighted by atomic mass is 10.7. The van der Waals surface area contributed by atoms with E-state index in [1.807, 2.05) is 0 Å². The predicted molar refractivity (Wildman–Crippen MR) is 31.9 cm³/mol. The molecule has 0 aromatic rings. The smallest absolute Gasteiger partial charge is 0.327 e. The second-order valence-corrected chi connectivity index (χ2v) is 1.76. The molecule has 0 aliphatic carbocycles. The second kappa shape index (κ2) is 2.66. The lowest BCUT2D eigenvalue weighted by molar-refractivity contribution is -0.160. The number of nitrogens with zero attached hydrogens (tertiary/aromatic N) is 1. The van der Waals surface area contributed by atoms with Crippen molar-refractivity contribution >= 4 is 11.9 Å². The van der Waals surface area contributed by atoms with Crippen LogP contribution in [0.5, 0.6) is 0 Å². The number of nitrogens with one attached hydrogen (secondary N) is 1. The average molecular weight is 144 g/mol. The largest absolute Gasteiger partial charge is 0.349 e. The third-order valence-corrected chi connectivity index (χ3v) is 1.06. The third kappa shape index (κ3) is 1.08. The first-order valence-electron chi connectivity index (χ1n) is 2.99. The first-order chi connectivity index (χ1) is 4.75. The highest BCUT2D eigenvalue weighted by molar-refractivity contribution is 6.00. The van der Waals surface area contributed by atoms with Gasteiger partial charge in [-0.25, -0.2) is 4.79 Å². The zero-order valence-electron chi connectivity index (χ0n) is 5.59. The highest BCUT2D eigenvalue weighted by Gasteiger charge is 2.29. The predicted octanol–water partition coefficient (Wildman–Crippen LogP) is -0.510. The molecule has 1 saturated heterocycles. The normalized spacial score (nSPS) is 17.9. The van der Waals surface area contributed by atoms with Crippen molar-refractivity contribution in [1.82, 2.24) is 10.4 Å². The first kappa shape index (κ1) is 7.01. The second-order valence-electron chi connectivity index (χ2n) is 1.76. The molecular formula is C5H8N2O3. The van der Waals surface area contributed by atoms with E-state index in [0.29, 0.717) is 6.61 Å². The molecular weight excluding hydrogens is 136 g/mol. The highest BCUT2D eigenvalue weighted by atomic mass is 16.7. The standard InChI is InChI=1S/C5H8N2O3/c1-2-10-7-4(8)3-6-5(7)9/h2-3H2,1H3,(H,6,9). The number of hydrogen-bond donors (Lipinski definition) is 1. The van der Waals surface area contributed by atoms with Gasteiger partial charge >= 0.3 is 6.03 Å². The summed E-state index contributed by atoms with van der Waals surface area (Å²) >= 11 is 0. The number of rotatable bonds is 2. The Morgan fingerprint density at radius 2 is 2.40 bits per heavy atom. The van der Waals surface area contributed by atoms with Crippen molar-refractivity contribution in [3.8, 4) is 0 Å². The van der Waals surface area contributed by atoms with E-state index in [0.717, 1.165) is 5.06 Å². The van der Waals surface area contributed by atoms with Gasteiger partial charge in [-0.1, -0.05) is 0 Å². The van der Waals surface area contributed by atoms with Gasteiger partial charge in [0, 0.05) is 0 Å². The van der Waals surface area contributed by atoms with Gasteiger partial charge in [0.2, 0.25) is 0 Å². The van der Waals surface area contributed by atoms with Gasteiger partial charge in [0.15, 0.2) is 0 Å². The Morgan fingerprint density at radius 1 is 1.70 bits per heavy atom. The quantitative estimate of drug-likeness (QED) is 0.531. The molecule has 0 atom stereocenters. The van der Waals surface area contributed by atoms with Crippen molar-refractivity contribution in [2.24, 2.45) is 0 Å². The molecule has 5 heteroatoms. The van der Waals surface area contributed by atoms with Crippen LogP contribution in [0.2, 0.25) is 0 Å². The molecule has 10 heavy (non-hydrogen) atoms. The minimum absolute atomic E-state index is 0.0405. The Labute approximate surface area is 57.9 Å². The van der Waals surface area contributed by atoms with Crippen molar-refractivity contribution in [1.29, 1.82) is 0 Å². The fraction of sp³-hybridized carbons (Fsp3) is 0.600. The molecule has 56 valence electrons. The van der Waals surface area contributed by atoms with Crippen molar-refractivity contribution < 1.29 is 14.4 Å². The van der Waals surface area contributed by atoms with E-state index < -0.39 is 6.03 Å². The van der Waals surface area contributed by atoms with E-state index in [2.05, 4.69) is 5.32 Å². The minimum atomic E-state index is -0.480. The molecule has 5 nitrogen and oxygen atoms in total. The lowest BCUT2D eigenvalue weighted by Crippen LogP contribution is -2.30. The maximum atomic E-state index is 10.7. The fourth-order valence-electron chi connectivity index (χ4n) is 0.668. The summed E-state index contributed by atoms with van der Waals surface area (Å²) in [7, 11) is 0. The van der Waals surface area contributed by atoms with Crippen LogP contribution >= 0.6 is 0 Å². The highest BCUT2D eigenvalue weighted by Crippen LogP contribution is 1.98. The van der Waals surface area contributed by atoms with E-state index in [1.165, 1.54) is 0 Å². The molecule has 0 spiro atoms. The average Bonchev–Trinajstić information content (AvgIpc) is 2.20. The maximum absolute atomic E-state index is 10.7. The number of carbonyl (C=O) groups excluding carboxylic acids is 2. The van der Waals surface area contributed by atoms with E-state index in [9.17, 15) is 9.59 Å². The van der Waals surface area contributed by atoms with Crippen LogP contribution in [-0.4, -0.2) is 30.2 Å². The number of amides is 3. The molecule has 0 saturated carbocycles. The van der Waals surface area contributed by atoms with Crippen LogP contribution in [-0.2, 0) is 9.63 Å². The van der Waals surface area contributed by atoms with Crippen molar-refractivity contribution in [2.75, 3.05) is 13.2 Å². The van der Waals surface area contributed by atoms with Gasteiger partial charge in [-0.3, -0.25) is 9.63 Å². The monoisotopic (exact) mass is 144 g/mol. The van der Waals surface area contributed by atoms with Crippen LogP contribution in [0.3, 0.4) is 0 Å². The van der Waals surface area contributed by atoms with Crippen LogP contribution in [0.4, 0.5) is 4.79 Å². The van der Waals surface area contributed by atoms with E-state index >= 15 is 0 Å². The van der Waals surface area contributed by atoms with E-state index in [-0.39, 0.29) is 12.5 Å². The number of urea groups is 1. The van der Waals surface area contributed by atoms with E-state index in [4.69, 9.17) is 4.84 Å². The van der Waals surface area contributed by atoms with Crippen molar-refractivity contribution in [3.05, 3.63) is 0 Å². The van der Waals surface area contributed by atoms with Gasteiger partial charge in [0.05, 0.1) is 6.61 Å². The molecule has 1 aliphatic heterocycles. The van der Waals surface area contributed by atoms with Gasteiger partial charge in [0.1, 0.15) is 6.54 Å². The van der Waals surface area contributed by atoms with E-state index in [1.54, 1.807) is 6.92 Å². The molecule has 1 heterocycles. The van der Waals surface area contributed by atoms with Crippen molar-refractivity contribution in [2.45, 2.75) is 6.92 Å². The van der Waals surface area contributed by atoms with Gasteiger partial charge in [-0.05, 0) is 6.92 Å². The topological polar surface area (TPSA) is 58.6 Å². The lowest BCUT2D eigenvalue weighted by Gasteiger charge is -2.08. The summed E-state index contributed by atoms with van der Waals surface area (Å²) in [5.74, 6) is -0.341. The Kier molecular flexibility index (Phi) is 1.86. The summed E-state index contributed by atoms with van der Waals surface area (Å²) < 4.78 is 0. The molecule has 0 aromatic heterocycles.